The highest BCUT2D eigenvalue weighted by Gasteiger charge is 2.18. The van der Waals surface area contributed by atoms with Crippen molar-refractivity contribution in [2.24, 2.45) is 7.05 Å². The van der Waals surface area contributed by atoms with E-state index in [-0.39, 0.29) is 0 Å². The van der Waals surface area contributed by atoms with Gasteiger partial charge in [-0.15, -0.1) is 0 Å². The second-order valence-electron chi connectivity index (χ2n) is 5.95. The third kappa shape index (κ3) is 3.40. The van der Waals surface area contributed by atoms with Crippen LogP contribution in [0, 0.1) is 11.3 Å². The van der Waals surface area contributed by atoms with Crippen LogP contribution in [0.4, 0.5) is 0 Å². The molecule has 5 heteroatoms. The van der Waals surface area contributed by atoms with E-state index in [1.165, 1.54) is 0 Å². The van der Waals surface area contributed by atoms with Crippen molar-refractivity contribution in [2.75, 3.05) is 14.2 Å². The molecule has 0 saturated heterocycles. The average Bonchev–Trinajstić information content (AvgIpc) is 3.02. The van der Waals surface area contributed by atoms with Gasteiger partial charge in [0.05, 0.1) is 19.9 Å². The standard InChI is InChI=1S/C21H21N3O2/c1-24-19(12-10-15-9-11-17(25-2)13-20(15)26-3)18(14-22)21(23-24)16-7-5-4-6-8-16/h4-9,11,13H,10,12H2,1-3H3. The highest BCUT2D eigenvalue weighted by atomic mass is 16.5. The van der Waals surface area contributed by atoms with Crippen LogP contribution in [-0.4, -0.2) is 24.0 Å². The number of methoxy groups -OCH3 is 2. The van der Waals surface area contributed by atoms with Crippen LogP contribution in [0.25, 0.3) is 11.3 Å². The van der Waals surface area contributed by atoms with E-state index in [4.69, 9.17) is 9.47 Å². The third-order valence-corrected chi connectivity index (χ3v) is 4.45. The molecule has 1 aromatic heterocycles. The minimum atomic E-state index is 0.631. The second-order valence-corrected chi connectivity index (χ2v) is 5.95. The first-order valence-electron chi connectivity index (χ1n) is 8.40. The minimum absolute atomic E-state index is 0.631. The lowest BCUT2D eigenvalue weighted by atomic mass is 10.0. The van der Waals surface area contributed by atoms with Crippen molar-refractivity contribution in [3.05, 3.63) is 65.4 Å². The summed E-state index contributed by atoms with van der Waals surface area (Å²) in [6.07, 6.45) is 1.44. The number of nitrogens with zero attached hydrogens (tertiary/aromatic N) is 3. The summed E-state index contributed by atoms with van der Waals surface area (Å²) in [5.74, 6) is 1.54. The van der Waals surface area contributed by atoms with Crippen LogP contribution in [0.3, 0.4) is 0 Å². The molecule has 0 N–H and O–H groups in total. The van der Waals surface area contributed by atoms with Gasteiger partial charge in [0.25, 0.3) is 0 Å². The molecule has 3 rings (SSSR count). The summed E-state index contributed by atoms with van der Waals surface area (Å²) >= 11 is 0. The number of aromatic nitrogens is 2. The molecule has 1 heterocycles. The fraction of sp³-hybridized carbons (Fsp3) is 0.238. The number of hydrogen-bond donors (Lipinski definition) is 0. The molecule has 0 bridgehead atoms. The summed E-state index contributed by atoms with van der Waals surface area (Å²) in [5, 5.41) is 14.3. The van der Waals surface area contributed by atoms with Gasteiger partial charge in [0.15, 0.2) is 0 Å². The van der Waals surface area contributed by atoms with Crippen molar-refractivity contribution >= 4 is 0 Å². The maximum Gasteiger partial charge on any atom is 0.125 e. The van der Waals surface area contributed by atoms with E-state index in [1.54, 1.807) is 18.9 Å². The first kappa shape index (κ1) is 17.6. The lowest BCUT2D eigenvalue weighted by Gasteiger charge is -2.10. The Morgan fingerprint density at radius 3 is 2.46 bits per heavy atom. The predicted molar refractivity (Wildman–Crippen MR) is 100 cm³/mol. The third-order valence-electron chi connectivity index (χ3n) is 4.45. The van der Waals surface area contributed by atoms with Crippen LogP contribution in [0.2, 0.25) is 0 Å². The van der Waals surface area contributed by atoms with Gasteiger partial charge in [-0.3, -0.25) is 4.68 Å². The molecule has 3 aromatic rings. The fourth-order valence-electron chi connectivity index (χ4n) is 3.07. The maximum absolute atomic E-state index is 9.70. The molecule has 0 aliphatic carbocycles. The first-order chi connectivity index (χ1) is 12.7. The number of hydrogen-bond acceptors (Lipinski definition) is 4. The van der Waals surface area contributed by atoms with Crippen LogP contribution < -0.4 is 9.47 Å². The molecule has 0 aliphatic rings. The number of benzene rings is 2. The number of rotatable bonds is 6. The lowest BCUT2D eigenvalue weighted by molar-refractivity contribution is 0.391. The summed E-state index contributed by atoms with van der Waals surface area (Å²) in [6, 6.07) is 17.9. The van der Waals surface area contributed by atoms with Crippen molar-refractivity contribution in [2.45, 2.75) is 12.8 Å². The molecule has 0 saturated carbocycles. The minimum Gasteiger partial charge on any atom is -0.497 e. The predicted octanol–water partition coefficient (Wildman–Crippen LogP) is 3.76. The Bertz CT molecular complexity index is 940. The summed E-state index contributed by atoms with van der Waals surface area (Å²) in [7, 11) is 5.17. The molecule has 26 heavy (non-hydrogen) atoms. The molecular weight excluding hydrogens is 326 g/mol. The van der Waals surface area contributed by atoms with Gasteiger partial charge in [0, 0.05) is 18.7 Å². The quantitative estimate of drug-likeness (QED) is 0.681. The number of nitriles is 1. The zero-order valence-electron chi connectivity index (χ0n) is 15.2. The number of ether oxygens (including phenoxy) is 2. The van der Waals surface area contributed by atoms with Gasteiger partial charge in [-0.1, -0.05) is 36.4 Å². The summed E-state index contributed by atoms with van der Waals surface area (Å²) < 4.78 is 12.5. The van der Waals surface area contributed by atoms with E-state index in [1.807, 2.05) is 55.6 Å². The van der Waals surface area contributed by atoms with Gasteiger partial charge in [-0.25, -0.2) is 0 Å². The Morgan fingerprint density at radius 1 is 1.04 bits per heavy atom. The monoisotopic (exact) mass is 347 g/mol. The van der Waals surface area contributed by atoms with Gasteiger partial charge in [0.1, 0.15) is 28.8 Å². The zero-order valence-corrected chi connectivity index (χ0v) is 15.2. The molecule has 2 aromatic carbocycles. The molecule has 0 atom stereocenters. The van der Waals surface area contributed by atoms with Crippen LogP contribution in [-0.2, 0) is 19.9 Å². The molecular formula is C21H21N3O2. The summed E-state index contributed by atoms with van der Waals surface area (Å²) in [5.41, 5.74) is 4.30. The molecule has 0 aliphatic heterocycles. The number of aryl methyl sites for hydroxylation is 2. The largest absolute Gasteiger partial charge is 0.497 e. The van der Waals surface area contributed by atoms with Crippen molar-refractivity contribution in [1.29, 1.82) is 5.26 Å². The van der Waals surface area contributed by atoms with Crippen LogP contribution in [0.1, 0.15) is 16.8 Å². The van der Waals surface area contributed by atoms with Gasteiger partial charge < -0.3 is 9.47 Å². The molecule has 5 nitrogen and oxygen atoms in total. The zero-order chi connectivity index (χ0) is 18.5. The van der Waals surface area contributed by atoms with Crippen molar-refractivity contribution in [3.63, 3.8) is 0 Å². The fourth-order valence-corrected chi connectivity index (χ4v) is 3.07. The van der Waals surface area contributed by atoms with E-state index in [0.29, 0.717) is 12.0 Å². The van der Waals surface area contributed by atoms with E-state index >= 15 is 0 Å². The molecule has 0 fully saturated rings. The normalized spacial score (nSPS) is 10.4. The highest BCUT2D eigenvalue weighted by Crippen LogP contribution is 2.28. The van der Waals surface area contributed by atoms with Crippen LogP contribution >= 0.6 is 0 Å². The van der Waals surface area contributed by atoms with E-state index < -0.39 is 0 Å². The highest BCUT2D eigenvalue weighted by molar-refractivity contribution is 5.67. The SMILES string of the molecule is COc1ccc(CCc2c(C#N)c(-c3ccccc3)nn2C)c(OC)c1. The Morgan fingerprint density at radius 2 is 1.81 bits per heavy atom. The Hall–Kier alpha value is -3.26. The van der Waals surface area contributed by atoms with Gasteiger partial charge in [-0.05, 0) is 24.5 Å². The Labute approximate surface area is 153 Å². The smallest absolute Gasteiger partial charge is 0.125 e. The second kappa shape index (κ2) is 7.75. The average molecular weight is 347 g/mol. The van der Waals surface area contributed by atoms with Gasteiger partial charge in [0.2, 0.25) is 0 Å². The van der Waals surface area contributed by atoms with E-state index in [9.17, 15) is 5.26 Å². The molecule has 0 amide bonds. The van der Waals surface area contributed by atoms with Crippen LogP contribution in [0.15, 0.2) is 48.5 Å². The molecule has 132 valence electrons. The maximum atomic E-state index is 9.70. The Balaban J connectivity index is 1.90. The Kier molecular flexibility index (Phi) is 5.23. The van der Waals surface area contributed by atoms with Crippen molar-refractivity contribution < 1.29 is 9.47 Å². The molecule has 0 spiro atoms. The molecule has 0 radical (unpaired) electrons. The van der Waals surface area contributed by atoms with E-state index in [2.05, 4.69) is 11.2 Å². The first-order valence-corrected chi connectivity index (χ1v) is 8.40. The van der Waals surface area contributed by atoms with E-state index in [0.717, 1.165) is 40.4 Å². The topological polar surface area (TPSA) is 60.1 Å². The van der Waals surface area contributed by atoms with Gasteiger partial charge in [-0.2, -0.15) is 10.4 Å². The molecule has 0 unspecified atom stereocenters. The summed E-state index contributed by atoms with van der Waals surface area (Å²) in [4.78, 5) is 0. The lowest BCUT2D eigenvalue weighted by Crippen LogP contribution is -2.03. The van der Waals surface area contributed by atoms with Crippen molar-refractivity contribution in [1.82, 2.24) is 9.78 Å². The van der Waals surface area contributed by atoms with Crippen molar-refractivity contribution in [3.8, 4) is 28.8 Å². The van der Waals surface area contributed by atoms with Crippen LogP contribution in [0.5, 0.6) is 11.5 Å². The van der Waals surface area contributed by atoms with Gasteiger partial charge >= 0.3 is 0 Å². The summed E-state index contributed by atoms with van der Waals surface area (Å²) in [6.45, 7) is 0.